The number of nitrogens with zero attached hydrogens (tertiary/aromatic N) is 1. The molecular formula is C17H25N. The Balaban J connectivity index is 2.88. The van der Waals surface area contributed by atoms with Crippen molar-refractivity contribution in [1.29, 1.82) is 0 Å². The number of hydrogen-bond donors (Lipinski definition) is 0. The van der Waals surface area contributed by atoms with Crippen LogP contribution in [0.25, 0.3) is 0 Å². The first kappa shape index (κ1) is 14.8. The van der Waals surface area contributed by atoms with E-state index in [0.29, 0.717) is 12.0 Å². The zero-order chi connectivity index (χ0) is 13.4. The smallest absolute Gasteiger partial charge is 0.0743 e. The second-order valence-electron chi connectivity index (χ2n) is 4.69. The van der Waals surface area contributed by atoms with Gasteiger partial charge in [0, 0.05) is 5.56 Å². The summed E-state index contributed by atoms with van der Waals surface area (Å²) < 4.78 is 0. The molecule has 0 aliphatic carbocycles. The van der Waals surface area contributed by atoms with Gasteiger partial charge in [0.2, 0.25) is 0 Å². The average Bonchev–Trinajstić information content (AvgIpc) is 2.43. The molecule has 0 aliphatic rings. The van der Waals surface area contributed by atoms with E-state index in [1.54, 1.807) is 0 Å². The second kappa shape index (κ2) is 7.95. The summed E-state index contributed by atoms with van der Waals surface area (Å²) in [5.74, 6) is 7.39. The van der Waals surface area contributed by atoms with E-state index in [0.717, 1.165) is 18.7 Å². The number of hydrogen-bond acceptors (Lipinski definition) is 1. The largest absolute Gasteiger partial charge is 0.290 e. The summed E-state index contributed by atoms with van der Waals surface area (Å²) in [6, 6.07) is 10.6. The lowest BCUT2D eigenvalue weighted by molar-refractivity contribution is 0.205. The predicted molar refractivity (Wildman–Crippen MR) is 79.5 cm³/mol. The molecule has 0 saturated heterocycles. The van der Waals surface area contributed by atoms with Crippen LogP contribution < -0.4 is 0 Å². The maximum atomic E-state index is 3.46. The molecule has 2 atom stereocenters. The second-order valence-corrected chi connectivity index (χ2v) is 4.69. The molecule has 1 heteroatoms. The molecule has 1 rings (SSSR count). The number of rotatable bonds is 5. The Labute approximate surface area is 112 Å². The van der Waals surface area contributed by atoms with Crippen LogP contribution in [0.4, 0.5) is 0 Å². The van der Waals surface area contributed by atoms with Crippen molar-refractivity contribution in [3.63, 3.8) is 0 Å². The monoisotopic (exact) mass is 243 g/mol. The van der Waals surface area contributed by atoms with E-state index >= 15 is 0 Å². The molecule has 0 amide bonds. The first-order chi connectivity index (χ1) is 8.72. The summed E-state index contributed by atoms with van der Waals surface area (Å²) in [7, 11) is 0. The van der Waals surface area contributed by atoms with Gasteiger partial charge in [-0.05, 0) is 31.1 Å². The van der Waals surface area contributed by atoms with Gasteiger partial charge in [-0.3, -0.25) is 4.90 Å². The Morgan fingerprint density at radius 2 is 1.67 bits per heavy atom. The van der Waals surface area contributed by atoms with E-state index in [4.69, 9.17) is 0 Å². The van der Waals surface area contributed by atoms with Gasteiger partial charge in [-0.1, -0.05) is 64.2 Å². The molecule has 18 heavy (non-hydrogen) atoms. The molecule has 0 fully saturated rings. The maximum absolute atomic E-state index is 3.46. The van der Waals surface area contributed by atoms with Crippen molar-refractivity contribution in [2.24, 2.45) is 5.92 Å². The van der Waals surface area contributed by atoms with E-state index in [-0.39, 0.29) is 0 Å². The fourth-order valence-corrected chi connectivity index (χ4v) is 2.11. The molecule has 0 saturated carbocycles. The van der Waals surface area contributed by atoms with Crippen LogP contribution in [0.2, 0.25) is 0 Å². The summed E-state index contributed by atoms with van der Waals surface area (Å²) in [5, 5.41) is 0. The third-order valence-corrected chi connectivity index (χ3v) is 3.53. The molecule has 0 spiro atoms. The van der Waals surface area contributed by atoms with Crippen LogP contribution in [0, 0.1) is 17.8 Å². The van der Waals surface area contributed by atoms with E-state index in [9.17, 15) is 0 Å². The van der Waals surface area contributed by atoms with Crippen molar-refractivity contribution < 1.29 is 0 Å². The molecule has 0 N–H and O–H groups in total. The van der Waals surface area contributed by atoms with Crippen LogP contribution in [0.5, 0.6) is 0 Å². The minimum absolute atomic E-state index is 0.366. The highest BCUT2D eigenvalue weighted by Crippen LogP contribution is 2.14. The highest BCUT2D eigenvalue weighted by molar-refractivity contribution is 5.35. The van der Waals surface area contributed by atoms with Crippen molar-refractivity contribution in [3.8, 4) is 11.8 Å². The maximum Gasteiger partial charge on any atom is 0.0743 e. The van der Waals surface area contributed by atoms with Gasteiger partial charge in [-0.15, -0.1) is 0 Å². The average molecular weight is 243 g/mol. The molecule has 0 bridgehead atoms. The van der Waals surface area contributed by atoms with Gasteiger partial charge in [0.25, 0.3) is 0 Å². The quantitative estimate of drug-likeness (QED) is 0.711. The third kappa shape index (κ3) is 4.20. The SMILES string of the molecule is CCC(C)[C@@H](C#Cc1ccccc1)N(CC)CC. The summed E-state index contributed by atoms with van der Waals surface area (Å²) >= 11 is 0. The van der Waals surface area contributed by atoms with E-state index < -0.39 is 0 Å². The molecule has 1 aromatic rings. The highest BCUT2D eigenvalue weighted by Gasteiger charge is 2.18. The minimum atomic E-state index is 0.366. The van der Waals surface area contributed by atoms with E-state index in [1.165, 1.54) is 6.42 Å². The van der Waals surface area contributed by atoms with E-state index in [2.05, 4.69) is 56.6 Å². The Bertz CT molecular complexity index is 381. The molecule has 1 nitrogen and oxygen atoms in total. The Hall–Kier alpha value is -1.26. The first-order valence-electron chi connectivity index (χ1n) is 7.03. The van der Waals surface area contributed by atoms with Crippen molar-refractivity contribution in [1.82, 2.24) is 4.90 Å². The topological polar surface area (TPSA) is 3.24 Å². The Morgan fingerprint density at radius 3 is 2.17 bits per heavy atom. The van der Waals surface area contributed by atoms with Crippen LogP contribution in [0.15, 0.2) is 30.3 Å². The van der Waals surface area contributed by atoms with Crippen LogP contribution in [0.3, 0.4) is 0 Å². The summed E-state index contributed by atoms with van der Waals surface area (Å²) in [6.07, 6.45) is 1.17. The van der Waals surface area contributed by atoms with Crippen LogP contribution in [0.1, 0.15) is 39.7 Å². The molecular weight excluding hydrogens is 218 g/mol. The van der Waals surface area contributed by atoms with Gasteiger partial charge in [0.15, 0.2) is 0 Å². The Morgan fingerprint density at radius 1 is 1.06 bits per heavy atom. The van der Waals surface area contributed by atoms with Crippen LogP contribution in [-0.2, 0) is 0 Å². The molecule has 98 valence electrons. The fraction of sp³-hybridized carbons (Fsp3) is 0.529. The van der Waals surface area contributed by atoms with Gasteiger partial charge in [0.1, 0.15) is 0 Å². The zero-order valence-electron chi connectivity index (χ0n) is 12.1. The van der Waals surface area contributed by atoms with Crippen molar-refractivity contribution in [3.05, 3.63) is 35.9 Å². The van der Waals surface area contributed by atoms with Gasteiger partial charge in [0.05, 0.1) is 6.04 Å². The Kier molecular flexibility index (Phi) is 6.54. The van der Waals surface area contributed by atoms with Gasteiger partial charge < -0.3 is 0 Å². The molecule has 1 aromatic carbocycles. The summed E-state index contributed by atoms with van der Waals surface area (Å²) in [6.45, 7) is 11.1. The van der Waals surface area contributed by atoms with Crippen molar-refractivity contribution in [2.45, 2.75) is 40.2 Å². The number of benzene rings is 1. The lowest BCUT2D eigenvalue weighted by atomic mass is 9.97. The van der Waals surface area contributed by atoms with Gasteiger partial charge >= 0.3 is 0 Å². The lowest BCUT2D eigenvalue weighted by Crippen LogP contribution is -2.38. The molecule has 0 aliphatic heterocycles. The zero-order valence-corrected chi connectivity index (χ0v) is 12.1. The van der Waals surface area contributed by atoms with Crippen LogP contribution in [-0.4, -0.2) is 24.0 Å². The van der Waals surface area contributed by atoms with E-state index in [1.807, 2.05) is 18.2 Å². The highest BCUT2D eigenvalue weighted by atomic mass is 15.1. The lowest BCUT2D eigenvalue weighted by Gasteiger charge is -2.29. The molecule has 0 radical (unpaired) electrons. The predicted octanol–water partition coefficient (Wildman–Crippen LogP) is 3.79. The van der Waals surface area contributed by atoms with Crippen LogP contribution >= 0.6 is 0 Å². The third-order valence-electron chi connectivity index (χ3n) is 3.53. The van der Waals surface area contributed by atoms with Crippen molar-refractivity contribution >= 4 is 0 Å². The molecule has 0 heterocycles. The van der Waals surface area contributed by atoms with Gasteiger partial charge in [-0.2, -0.15) is 0 Å². The molecule has 1 unspecified atom stereocenters. The summed E-state index contributed by atoms with van der Waals surface area (Å²) in [5.41, 5.74) is 1.11. The molecule has 0 aromatic heterocycles. The normalized spacial score (nSPS) is 13.8. The minimum Gasteiger partial charge on any atom is -0.290 e. The standard InChI is InChI=1S/C17H25N/c1-5-15(4)17(18(6-2)7-3)14-13-16-11-9-8-10-12-16/h8-12,15,17H,5-7H2,1-4H3/t15?,17-/m1/s1. The first-order valence-corrected chi connectivity index (χ1v) is 7.03. The van der Waals surface area contributed by atoms with Crippen molar-refractivity contribution in [2.75, 3.05) is 13.1 Å². The van der Waals surface area contributed by atoms with Gasteiger partial charge in [-0.25, -0.2) is 0 Å². The summed E-state index contributed by atoms with van der Waals surface area (Å²) in [4.78, 5) is 2.45. The fourth-order valence-electron chi connectivity index (χ4n) is 2.11.